The number of furan rings is 1. The number of carboxylic acids is 1. The van der Waals surface area contributed by atoms with Gasteiger partial charge in [-0.05, 0) is 54.1 Å². The lowest BCUT2D eigenvalue weighted by Crippen LogP contribution is -2.54. The second-order valence-corrected chi connectivity index (χ2v) is 8.14. The van der Waals surface area contributed by atoms with Crippen LogP contribution in [0.3, 0.4) is 0 Å². The van der Waals surface area contributed by atoms with Crippen molar-refractivity contribution >= 4 is 58.8 Å². The van der Waals surface area contributed by atoms with Gasteiger partial charge >= 0.3 is 12.0 Å². The van der Waals surface area contributed by atoms with Crippen LogP contribution in [0.25, 0.3) is 6.08 Å². The summed E-state index contributed by atoms with van der Waals surface area (Å²) in [6.45, 7) is -0.0638. The van der Waals surface area contributed by atoms with E-state index in [2.05, 4.69) is 5.32 Å². The molecule has 0 radical (unpaired) electrons. The third-order valence-corrected chi connectivity index (χ3v) is 5.74. The molecule has 184 valence electrons. The molecule has 4 amide bonds. The van der Waals surface area contributed by atoms with Crippen molar-refractivity contribution in [1.29, 1.82) is 0 Å². The number of aromatic carboxylic acids is 1. The molecule has 10 nitrogen and oxygen atoms in total. The number of rotatable bonds is 7. The summed E-state index contributed by atoms with van der Waals surface area (Å²) < 4.78 is 16.1. The summed E-state index contributed by atoms with van der Waals surface area (Å²) in [6, 6.07) is 10.7. The molecule has 4 rings (SSSR count). The molecule has 0 atom stereocenters. The van der Waals surface area contributed by atoms with Crippen LogP contribution < -0.4 is 19.7 Å². The Morgan fingerprint density at radius 1 is 1.06 bits per heavy atom. The van der Waals surface area contributed by atoms with Gasteiger partial charge in [0.25, 0.3) is 11.8 Å². The molecule has 1 aliphatic heterocycles. The largest absolute Gasteiger partial charge is 0.493 e. The topological polar surface area (TPSA) is 135 Å². The normalized spacial score (nSPS) is 14.7. The number of carbonyl (C=O) groups excluding carboxylic acids is 3. The third-order valence-electron chi connectivity index (χ3n) is 5.00. The molecule has 0 saturated carbocycles. The van der Waals surface area contributed by atoms with Crippen LogP contribution in [0.1, 0.15) is 21.9 Å². The van der Waals surface area contributed by atoms with Gasteiger partial charge in [-0.15, -0.1) is 0 Å². The number of halogens is 2. The molecule has 1 aromatic heterocycles. The standard InChI is InChI=1S/C24H16Cl2N2O8/c1-34-20-9-12(2-6-18(20)35-11-14-4-7-19(36-14)23(31)32)8-15-21(29)27-24(33)28(22(15)30)13-3-5-16(25)17(26)10-13/h2-10H,11H2,1H3,(H,31,32)(H,27,29,33)/b15-8+. The number of nitrogens with one attached hydrogen (secondary N) is 1. The number of hydrogen-bond acceptors (Lipinski definition) is 7. The van der Waals surface area contributed by atoms with Crippen LogP contribution in [0.5, 0.6) is 11.5 Å². The number of benzene rings is 2. The lowest BCUT2D eigenvalue weighted by molar-refractivity contribution is -0.122. The van der Waals surface area contributed by atoms with E-state index in [1.54, 1.807) is 12.1 Å². The molecule has 1 aliphatic rings. The van der Waals surface area contributed by atoms with E-state index < -0.39 is 23.8 Å². The number of carbonyl (C=O) groups is 4. The van der Waals surface area contributed by atoms with Crippen LogP contribution in [-0.4, -0.2) is 36.0 Å². The van der Waals surface area contributed by atoms with Gasteiger partial charge in [-0.3, -0.25) is 14.9 Å². The van der Waals surface area contributed by atoms with Crippen molar-refractivity contribution < 1.29 is 38.2 Å². The molecular formula is C24H16Cl2N2O8. The first-order chi connectivity index (χ1) is 17.2. The fraction of sp³-hybridized carbons (Fsp3) is 0.0833. The Labute approximate surface area is 213 Å². The highest BCUT2D eigenvalue weighted by Crippen LogP contribution is 2.32. The lowest BCUT2D eigenvalue weighted by atomic mass is 10.1. The monoisotopic (exact) mass is 530 g/mol. The second-order valence-electron chi connectivity index (χ2n) is 7.33. The SMILES string of the molecule is COc1cc(/C=C2\C(=O)NC(=O)N(c3ccc(Cl)c(Cl)c3)C2=O)ccc1OCc1ccc(C(=O)O)o1. The minimum absolute atomic E-state index is 0.0638. The van der Waals surface area contributed by atoms with Gasteiger partial charge in [0.15, 0.2) is 11.5 Å². The molecule has 3 aromatic rings. The minimum atomic E-state index is -1.20. The van der Waals surface area contributed by atoms with Crippen molar-refractivity contribution in [3.05, 3.63) is 81.2 Å². The molecule has 0 bridgehead atoms. The van der Waals surface area contributed by atoms with E-state index in [4.69, 9.17) is 42.2 Å². The van der Waals surface area contributed by atoms with Crippen molar-refractivity contribution in [2.24, 2.45) is 0 Å². The van der Waals surface area contributed by atoms with Gasteiger partial charge in [-0.2, -0.15) is 0 Å². The Bertz CT molecular complexity index is 1430. The van der Waals surface area contributed by atoms with Gasteiger partial charge in [0, 0.05) is 0 Å². The predicted molar refractivity (Wildman–Crippen MR) is 128 cm³/mol. The summed E-state index contributed by atoms with van der Waals surface area (Å²) in [6.07, 6.45) is 1.30. The number of anilines is 1. The van der Waals surface area contributed by atoms with Crippen LogP contribution in [0.15, 0.2) is 58.5 Å². The number of hydrogen-bond donors (Lipinski definition) is 2. The van der Waals surface area contributed by atoms with Crippen LogP contribution >= 0.6 is 23.2 Å². The molecule has 2 N–H and O–H groups in total. The average Bonchev–Trinajstić information content (AvgIpc) is 3.32. The summed E-state index contributed by atoms with van der Waals surface area (Å²) in [5.41, 5.74) is 0.246. The van der Waals surface area contributed by atoms with Gasteiger partial charge in [-0.1, -0.05) is 29.3 Å². The number of imide groups is 2. The van der Waals surface area contributed by atoms with Gasteiger partial charge in [0.2, 0.25) is 5.76 Å². The van der Waals surface area contributed by atoms with E-state index >= 15 is 0 Å². The highest BCUT2D eigenvalue weighted by Gasteiger charge is 2.37. The Hall–Kier alpha value is -4.28. The first-order valence-corrected chi connectivity index (χ1v) is 10.9. The molecule has 2 heterocycles. The van der Waals surface area contributed by atoms with Crippen molar-refractivity contribution in [1.82, 2.24) is 5.32 Å². The average molecular weight is 531 g/mol. The maximum absolute atomic E-state index is 13.1. The van der Waals surface area contributed by atoms with E-state index in [9.17, 15) is 19.2 Å². The van der Waals surface area contributed by atoms with E-state index in [0.29, 0.717) is 11.3 Å². The highest BCUT2D eigenvalue weighted by atomic mass is 35.5. The molecule has 2 aromatic carbocycles. The Morgan fingerprint density at radius 2 is 1.83 bits per heavy atom. The molecule has 36 heavy (non-hydrogen) atoms. The molecule has 0 spiro atoms. The maximum Gasteiger partial charge on any atom is 0.371 e. The van der Waals surface area contributed by atoms with E-state index in [1.807, 2.05) is 0 Å². The summed E-state index contributed by atoms with van der Waals surface area (Å²) in [5.74, 6) is -2.27. The summed E-state index contributed by atoms with van der Waals surface area (Å²) in [4.78, 5) is 49.6. The molecule has 0 unspecified atom stereocenters. The number of carboxylic acid groups (broad SMARTS) is 1. The first kappa shape index (κ1) is 24.8. The fourth-order valence-corrected chi connectivity index (χ4v) is 3.59. The quantitative estimate of drug-likeness (QED) is 0.335. The number of methoxy groups -OCH3 is 1. The predicted octanol–water partition coefficient (Wildman–Crippen LogP) is 4.54. The van der Waals surface area contributed by atoms with Crippen LogP contribution in [0, 0.1) is 0 Å². The zero-order valence-electron chi connectivity index (χ0n) is 18.4. The lowest BCUT2D eigenvalue weighted by Gasteiger charge is -2.26. The summed E-state index contributed by atoms with van der Waals surface area (Å²) in [7, 11) is 1.40. The van der Waals surface area contributed by atoms with Crippen molar-refractivity contribution in [3.63, 3.8) is 0 Å². The second kappa shape index (κ2) is 10.1. The van der Waals surface area contributed by atoms with E-state index in [0.717, 1.165) is 4.90 Å². The zero-order chi connectivity index (χ0) is 26.0. The number of ether oxygens (including phenoxy) is 2. The molecule has 12 heteroatoms. The molecule has 1 saturated heterocycles. The highest BCUT2D eigenvalue weighted by molar-refractivity contribution is 6.43. The smallest absolute Gasteiger partial charge is 0.371 e. The number of barbiturate groups is 1. The zero-order valence-corrected chi connectivity index (χ0v) is 19.9. The van der Waals surface area contributed by atoms with Gasteiger partial charge in [0.05, 0.1) is 22.8 Å². The van der Waals surface area contributed by atoms with Gasteiger partial charge in [-0.25, -0.2) is 14.5 Å². The molecule has 0 aliphatic carbocycles. The summed E-state index contributed by atoms with van der Waals surface area (Å²) >= 11 is 11.9. The van der Waals surface area contributed by atoms with Crippen molar-refractivity contribution in [3.8, 4) is 11.5 Å². The van der Waals surface area contributed by atoms with Gasteiger partial charge < -0.3 is 19.0 Å². The maximum atomic E-state index is 13.1. The Morgan fingerprint density at radius 3 is 2.50 bits per heavy atom. The van der Waals surface area contributed by atoms with Gasteiger partial charge in [0.1, 0.15) is 17.9 Å². The van der Waals surface area contributed by atoms with Crippen LogP contribution in [0.2, 0.25) is 10.0 Å². The first-order valence-electron chi connectivity index (χ1n) is 10.2. The van der Waals surface area contributed by atoms with Crippen molar-refractivity contribution in [2.75, 3.05) is 12.0 Å². The number of urea groups is 1. The number of nitrogens with zero attached hydrogens (tertiary/aromatic N) is 1. The van der Waals surface area contributed by atoms with Crippen LogP contribution in [0.4, 0.5) is 10.5 Å². The molecular weight excluding hydrogens is 515 g/mol. The van der Waals surface area contributed by atoms with E-state index in [-0.39, 0.29) is 45.2 Å². The molecule has 1 fully saturated rings. The summed E-state index contributed by atoms with van der Waals surface area (Å²) in [5, 5.41) is 11.4. The van der Waals surface area contributed by atoms with E-state index in [1.165, 1.54) is 49.6 Å². The van der Waals surface area contributed by atoms with Crippen LogP contribution in [-0.2, 0) is 16.2 Å². The third kappa shape index (κ3) is 5.04. The minimum Gasteiger partial charge on any atom is -0.493 e. The Kier molecular flexibility index (Phi) is 7.00. The number of amides is 4. The fourth-order valence-electron chi connectivity index (χ4n) is 3.30. The van der Waals surface area contributed by atoms with Crippen molar-refractivity contribution in [2.45, 2.75) is 6.61 Å². The Balaban J connectivity index is 1.58.